The van der Waals surface area contributed by atoms with Crippen LogP contribution < -0.4 is 66.0 Å². The molecule has 5 heteroatoms. The molecule has 1 rings (SSSR count). The van der Waals surface area contributed by atoms with Crippen molar-refractivity contribution >= 4 is 5.97 Å². The quantitative estimate of drug-likeness (QED) is 0.517. The van der Waals surface area contributed by atoms with Crippen LogP contribution in [0.15, 0.2) is 24.3 Å². The van der Waals surface area contributed by atoms with Crippen LogP contribution in [0, 0.1) is 0 Å². The topological polar surface area (TPSA) is 58.6 Å². The van der Waals surface area contributed by atoms with Crippen molar-refractivity contribution in [3.63, 3.8) is 0 Å². The Morgan fingerprint density at radius 3 is 2.27 bits per heavy atom. The number of carbonyl (C=O) groups excluding carboxylic acids is 1. The van der Waals surface area contributed by atoms with E-state index in [0.717, 1.165) is 0 Å². The molecule has 0 N–H and O–H groups in total. The van der Waals surface area contributed by atoms with Crippen molar-refractivity contribution in [2.75, 3.05) is 13.2 Å². The van der Waals surface area contributed by atoms with Gasteiger partial charge in [0.15, 0.2) is 11.5 Å². The van der Waals surface area contributed by atoms with Crippen LogP contribution in [0.3, 0.4) is 0 Å². The molecule has 0 saturated heterocycles. The van der Waals surface area contributed by atoms with Crippen molar-refractivity contribution in [3.8, 4) is 11.5 Å². The molecule has 0 fully saturated rings. The molecule has 0 aliphatic rings. The maximum atomic E-state index is 10.2. The monoisotopic (exact) mass is 234 g/mol. The van der Waals surface area contributed by atoms with Crippen molar-refractivity contribution in [1.29, 1.82) is 0 Å². The van der Waals surface area contributed by atoms with Crippen molar-refractivity contribution < 1.29 is 70.8 Å². The first-order valence-corrected chi connectivity index (χ1v) is 4.28. The smallest absolute Gasteiger partial charge is 0.546 e. The fourth-order valence-electron chi connectivity index (χ4n) is 0.981. The summed E-state index contributed by atoms with van der Waals surface area (Å²) in [5.74, 6) is -0.300. The van der Waals surface area contributed by atoms with E-state index in [4.69, 9.17) is 9.47 Å². The van der Waals surface area contributed by atoms with Gasteiger partial charge in [0, 0.05) is 0 Å². The SMILES string of the molecule is CCOc1ccccc1OCC(=O)[O-].[K+]. The summed E-state index contributed by atoms with van der Waals surface area (Å²) >= 11 is 0. The van der Waals surface area contributed by atoms with Gasteiger partial charge in [-0.1, -0.05) is 12.1 Å². The second-order valence-electron chi connectivity index (χ2n) is 2.54. The molecule has 0 unspecified atom stereocenters. The van der Waals surface area contributed by atoms with Crippen molar-refractivity contribution in [1.82, 2.24) is 0 Å². The van der Waals surface area contributed by atoms with Gasteiger partial charge in [-0.05, 0) is 19.1 Å². The van der Waals surface area contributed by atoms with Crippen LogP contribution in [-0.4, -0.2) is 19.2 Å². The summed E-state index contributed by atoms with van der Waals surface area (Å²) in [6.45, 7) is 1.88. The summed E-state index contributed by atoms with van der Waals surface area (Å²) in [6, 6.07) is 6.89. The summed E-state index contributed by atoms with van der Waals surface area (Å²) < 4.78 is 10.2. The molecule has 0 aliphatic heterocycles. The van der Waals surface area contributed by atoms with E-state index >= 15 is 0 Å². The molecule has 0 aliphatic carbocycles. The first-order valence-electron chi connectivity index (χ1n) is 4.28. The Morgan fingerprint density at radius 1 is 1.27 bits per heavy atom. The van der Waals surface area contributed by atoms with Crippen molar-refractivity contribution in [2.24, 2.45) is 0 Å². The zero-order valence-corrected chi connectivity index (χ0v) is 12.0. The molecule has 76 valence electrons. The Bertz CT molecular complexity index is 314. The molecule has 1 aromatic rings. The van der Waals surface area contributed by atoms with Crippen LogP contribution >= 0.6 is 0 Å². The number of carboxylic acid groups (broad SMARTS) is 1. The van der Waals surface area contributed by atoms with Gasteiger partial charge in [0.2, 0.25) is 0 Å². The number of rotatable bonds is 5. The van der Waals surface area contributed by atoms with E-state index in [1.54, 1.807) is 24.3 Å². The van der Waals surface area contributed by atoms with Gasteiger partial charge in [0.1, 0.15) is 6.61 Å². The Kier molecular flexibility index (Phi) is 8.08. The van der Waals surface area contributed by atoms with Gasteiger partial charge in [-0.3, -0.25) is 0 Å². The number of carbonyl (C=O) groups is 1. The molecule has 1 aromatic carbocycles. The van der Waals surface area contributed by atoms with Crippen molar-refractivity contribution in [3.05, 3.63) is 24.3 Å². The van der Waals surface area contributed by atoms with Crippen LogP contribution in [0.2, 0.25) is 0 Å². The predicted molar refractivity (Wildman–Crippen MR) is 48.1 cm³/mol. The molecule has 0 radical (unpaired) electrons. The molecule has 0 bridgehead atoms. The Labute approximate surface area is 131 Å². The summed E-state index contributed by atoms with van der Waals surface area (Å²) in [5, 5.41) is 10.2. The van der Waals surface area contributed by atoms with Crippen LogP contribution in [-0.2, 0) is 4.79 Å². The predicted octanol–water partition coefficient (Wildman–Crippen LogP) is -2.78. The number of para-hydroxylation sites is 2. The van der Waals surface area contributed by atoms with Gasteiger partial charge in [-0.25, -0.2) is 0 Å². The standard InChI is InChI=1S/C10H12O4.K/c1-2-13-8-5-3-4-6-9(8)14-7-10(11)12;/h3-6H,2,7H2,1H3,(H,11,12);/q;+1/p-1. The number of ether oxygens (including phenoxy) is 2. The fraction of sp³-hybridized carbons (Fsp3) is 0.300. The van der Waals surface area contributed by atoms with Crippen LogP contribution in [0.25, 0.3) is 0 Å². The molecule has 0 saturated carbocycles. The summed E-state index contributed by atoms with van der Waals surface area (Å²) in [4.78, 5) is 10.2. The van der Waals surface area contributed by atoms with E-state index in [1.165, 1.54) is 0 Å². The Balaban J connectivity index is 0.00000196. The third kappa shape index (κ3) is 5.53. The molecule has 4 nitrogen and oxygen atoms in total. The van der Waals surface area contributed by atoms with Gasteiger partial charge in [-0.15, -0.1) is 0 Å². The summed E-state index contributed by atoms with van der Waals surface area (Å²) in [7, 11) is 0. The largest absolute Gasteiger partial charge is 1.00 e. The number of aliphatic carboxylic acids is 1. The molecule has 0 atom stereocenters. The van der Waals surface area contributed by atoms with Crippen molar-refractivity contribution in [2.45, 2.75) is 6.92 Å². The van der Waals surface area contributed by atoms with E-state index in [2.05, 4.69) is 0 Å². The van der Waals surface area contributed by atoms with Gasteiger partial charge >= 0.3 is 51.4 Å². The number of hydrogen-bond acceptors (Lipinski definition) is 4. The minimum Gasteiger partial charge on any atom is -0.546 e. The Hall–Kier alpha value is -0.0736. The van der Waals surface area contributed by atoms with E-state index in [9.17, 15) is 9.90 Å². The molecule has 15 heavy (non-hydrogen) atoms. The van der Waals surface area contributed by atoms with E-state index in [0.29, 0.717) is 18.1 Å². The van der Waals surface area contributed by atoms with Gasteiger partial charge < -0.3 is 19.4 Å². The second kappa shape index (κ2) is 8.12. The van der Waals surface area contributed by atoms with E-state index in [1.807, 2.05) is 6.92 Å². The maximum absolute atomic E-state index is 10.2. The third-order valence-corrected chi connectivity index (χ3v) is 1.49. The first kappa shape index (κ1) is 14.9. The minimum absolute atomic E-state index is 0. The van der Waals surface area contributed by atoms with Crippen LogP contribution in [0.4, 0.5) is 0 Å². The maximum Gasteiger partial charge on any atom is 1.00 e. The van der Waals surface area contributed by atoms with E-state index < -0.39 is 12.6 Å². The number of hydrogen-bond donors (Lipinski definition) is 0. The fourth-order valence-corrected chi connectivity index (χ4v) is 0.981. The molecule has 0 heterocycles. The van der Waals surface area contributed by atoms with E-state index in [-0.39, 0.29) is 51.4 Å². The van der Waals surface area contributed by atoms with Crippen LogP contribution in [0.5, 0.6) is 11.5 Å². The second-order valence-corrected chi connectivity index (χ2v) is 2.54. The molecule has 0 spiro atoms. The summed E-state index contributed by atoms with van der Waals surface area (Å²) in [5.41, 5.74) is 0. The molecular weight excluding hydrogens is 223 g/mol. The normalized spacial score (nSPS) is 8.87. The molecule has 0 aromatic heterocycles. The minimum atomic E-state index is -1.25. The summed E-state index contributed by atoms with van der Waals surface area (Å²) in [6.07, 6.45) is 0. The van der Waals surface area contributed by atoms with Crippen LogP contribution in [0.1, 0.15) is 6.92 Å². The molecular formula is C10H11KO4. The van der Waals surface area contributed by atoms with Gasteiger partial charge in [0.25, 0.3) is 0 Å². The van der Waals surface area contributed by atoms with Gasteiger partial charge in [-0.2, -0.15) is 0 Å². The average Bonchev–Trinajstić information content (AvgIpc) is 2.17. The zero-order chi connectivity index (χ0) is 10.4. The third-order valence-electron chi connectivity index (χ3n) is 1.49. The van der Waals surface area contributed by atoms with Gasteiger partial charge in [0.05, 0.1) is 12.6 Å². The zero-order valence-electron chi connectivity index (χ0n) is 8.86. The Morgan fingerprint density at radius 2 is 1.80 bits per heavy atom. The first-order chi connectivity index (χ1) is 6.74. The number of carboxylic acids is 1. The molecule has 0 amide bonds. The number of benzene rings is 1. The average molecular weight is 234 g/mol.